The predicted molar refractivity (Wildman–Crippen MR) is 44.7 cm³/mol. The Balaban J connectivity index is 2.83. The van der Waals surface area contributed by atoms with Crippen LogP contribution in [-0.4, -0.2) is 10.5 Å². The number of hydrogen-bond acceptors (Lipinski definition) is 1. The van der Waals surface area contributed by atoms with E-state index >= 15 is 0 Å². The molecular weight excluding hydrogens is 140 g/mol. The zero-order chi connectivity index (χ0) is 7.66. The third-order valence-electron chi connectivity index (χ3n) is 1.39. The monoisotopic (exact) mass is 155 g/mol. The van der Waals surface area contributed by atoms with Crippen molar-refractivity contribution < 1.29 is 4.43 Å². The summed E-state index contributed by atoms with van der Waals surface area (Å²) >= 11 is 0. The highest BCUT2D eigenvalue weighted by Gasteiger charge is 1.83. The summed E-state index contributed by atoms with van der Waals surface area (Å²) in [6, 6.07) is 0. The van der Waals surface area contributed by atoms with Gasteiger partial charge < -0.3 is 4.43 Å². The van der Waals surface area contributed by atoms with Gasteiger partial charge in [-0.3, -0.25) is 0 Å². The van der Waals surface area contributed by atoms with Crippen LogP contribution in [0.4, 0.5) is 0 Å². The van der Waals surface area contributed by atoms with E-state index in [1.54, 1.807) is 6.26 Å². The molecule has 0 heterocycles. The Morgan fingerprint density at radius 3 is 2.70 bits per heavy atom. The third kappa shape index (κ3) is 7.76. The van der Waals surface area contributed by atoms with Gasteiger partial charge in [-0.25, -0.2) is 0 Å². The lowest BCUT2D eigenvalue weighted by molar-refractivity contribution is 0.529. The summed E-state index contributed by atoms with van der Waals surface area (Å²) in [7, 11) is 2.89. The fraction of sp³-hybridized carbons (Fsp3) is 0.750. The minimum atomic E-state index is 1.13. The van der Waals surface area contributed by atoms with Gasteiger partial charge in [0.25, 0.3) is 0 Å². The molecule has 0 unspecified atom stereocenters. The van der Waals surface area contributed by atoms with E-state index in [0.29, 0.717) is 0 Å². The van der Waals surface area contributed by atoms with Gasteiger partial charge in [-0.05, 0) is 12.8 Å². The predicted octanol–water partition coefficient (Wildman–Crippen LogP) is 2.57. The van der Waals surface area contributed by atoms with E-state index in [4.69, 9.17) is 0 Å². The maximum atomic E-state index is 4.57. The van der Waals surface area contributed by atoms with Crippen molar-refractivity contribution in [2.24, 2.45) is 0 Å². The molecule has 0 spiro atoms. The average Bonchev–Trinajstić information content (AvgIpc) is 1.97. The first-order chi connectivity index (χ1) is 4.91. The Morgan fingerprint density at radius 1 is 1.30 bits per heavy atom. The van der Waals surface area contributed by atoms with Crippen molar-refractivity contribution >= 4 is 10.5 Å². The number of rotatable bonds is 6. The van der Waals surface area contributed by atoms with Crippen LogP contribution in [-0.2, 0) is 4.43 Å². The first-order valence-electron chi connectivity index (χ1n) is 3.89. The molecule has 0 aliphatic rings. The van der Waals surface area contributed by atoms with Crippen molar-refractivity contribution in [2.75, 3.05) is 0 Å². The van der Waals surface area contributed by atoms with E-state index in [9.17, 15) is 0 Å². The van der Waals surface area contributed by atoms with Crippen LogP contribution in [0.1, 0.15) is 39.0 Å². The van der Waals surface area contributed by atoms with Crippen LogP contribution in [0.15, 0.2) is 12.3 Å². The normalized spacial score (nSPS) is 10.6. The van der Waals surface area contributed by atoms with Crippen molar-refractivity contribution in [1.82, 2.24) is 0 Å². The van der Waals surface area contributed by atoms with Gasteiger partial charge >= 0.3 is 10.5 Å². The van der Waals surface area contributed by atoms with Crippen LogP contribution < -0.4 is 0 Å². The van der Waals surface area contributed by atoms with Gasteiger partial charge in [0, 0.05) is 0 Å². The molecular formula is C8H15OSi. The van der Waals surface area contributed by atoms with Gasteiger partial charge in [-0.15, -0.1) is 0 Å². The fourth-order valence-corrected chi connectivity index (χ4v) is 0.901. The fourth-order valence-electron chi connectivity index (χ4n) is 0.805. The second kappa shape index (κ2) is 8.76. The van der Waals surface area contributed by atoms with Crippen molar-refractivity contribution in [1.29, 1.82) is 0 Å². The maximum absolute atomic E-state index is 4.57. The second-order valence-electron chi connectivity index (χ2n) is 2.34. The molecule has 0 N–H and O–H groups in total. The summed E-state index contributed by atoms with van der Waals surface area (Å²) < 4.78 is 4.57. The molecule has 0 saturated carbocycles. The minimum Gasteiger partial charge on any atom is -0.546 e. The summed E-state index contributed by atoms with van der Waals surface area (Å²) in [5.74, 6) is 0. The average molecular weight is 155 g/mol. The zero-order valence-electron chi connectivity index (χ0n) is 6.60. The lowest BCUT2D eigenvalue weighted by Crippen LogP contribution is -1.74. The van der Waals surface area contributed by atoms with Crippen LogP contribution in [0, 0.1) is 0 Å². The van der Waals surface area contributed by atoms with Crippen molar-refractivity contribution in [3.63, 3.8) is 0 Å². The maximum Gasteiger partial charge on any atom is 0.340 e. The lowest BCUT2D eigenvalue weighted by Gasteiger charge is -1.93. The van der Waals surface area contributed by atoms with Crippen molar-refractivity contribution in [3.05, 3.63) is 12.3 Å². The van der Waals surface area contributed by atoms with Crippen molar-refractivity contribution in [3.8, 4) is 0 Å². The second-order valence-corrected chi connectivity index (χ2v) is 2.57. The molecule has 57 valence electrons. The molecule has 10 heavy (non-hydrogen) atoms. The number of unbranched alkanes of at least 4 members (excludes halogenated alkanes) is 4. The zero-order valence-corrected chi connectivity index (χ0v) is 7.60. The molecule has 0 aliphatic carbocycles. The van der Waals surface area contributed by atoms with Gasteiger partial charge in [0.15, 0.2) is 0 Å². The van der Waals surface area contributed by atoms with Crippen molar-refractivity contribution in [2.45, 2.75) is 39.0 Å². The molecule has 0 aromatic heterocycles. The summed E-state index contributed by atoms with van der Waals surface area (Å²) in [5, 5.41) is 0. The molecule has 0 fully saturated rings. The Hall–Kier alpha value is -0.243. The molecule has 0 saturated heterocycles. The highest BCUT2D eigenvalue weighted by Crippen LogP contribution is 2.02. The van der Waals surface area contributed by atoms with E-state index in [0.717, 1.165) is 6.42 Å². The molecule has 0 aromatic carbocycles. The lowest BCUT2D eigenvalue weighted by atomic mass is 10.2. The van der Waals surface area contributed by atoms with E-state index in [1.165, 1.54) is 25.7 Å². The van der Waals surface area contributed by atoms with E-state index < -0.39 is 0 Å². The van der Waals surface area contributed by atoms with Crippen LogP contribution in [0.25, 0.3) is 0 Å². The van der Waals surface area contributed by atoms with Crippen LogP contribution in [0.2, 0.25) is 0 Å². The third-order valence-corrected chi connectivity index (χ3v) is 1.52. The first kappa shape index (κ1) is 9.76. The highest BCUT2D eigenvalue weighted by molar-refractivity contribution is 5.98. The molecule has 0 atom stereocenters. The molecule has 0 bridgehead atoms. The van der Waals surface area contributed by atoms with Crippen LogP contribution in [0.3, 0.4) is 0 Å². The van der Waals surface area contributed by atoms with Gasteiger partial charge in [-0.1, -0.05) is 32.3 Å². The molecule has 0 aliphatic heterocycles. The number of hydrogen-bond donors (Lipinski definition) is 0. The molecule has 1 nitrogen and oxygen atoms in total. The first-order valence-corrected chi connectivity index (χ1v) is 4.30. The van der Waals surface area contributed by atoms with Gasteiger partial charge in [0.1, 0.15) is 0 Å². The standard InChI is InChI=1S/C8H15OSi/c1-2-3-4-5-6-7-8-9-10/h7-8H,2-6H2,1H3/b8-7+. The topological polar surface area (TPSA) is 9.23 Å². The quantitative estimate of drug-likeness (QED) is 0.325. The Bertz CT molecular complexity index is 81.3. The summed E-state index contributed by atoms with van der Waals surface area (Å²) in [6.07, 6.45) is 10.1. The minimum absolute atomic E-state index is 1.13. The Morgan fingerprint density at radius 2 is 2.10 bits per heavy atom. The SMILES string of the molecule is CCCCCC/C=C/O[Si]. The van der Waals surface area contributed by atoms with Crippen LogP contribution >= 0.6 is 0 Å². The highest BCUT2D eigenvalue weighted by atomic mass is 28.2. The van der Waals surface area contributed by atoms with Gasteiger partial charge in [0.05, 0.1) is 6.26 Å². The van der Waals surface area contributed by atoms with E-state index in [-0.39, 0.29) is 0 Å². The van der Waals surface area contributed by atoms with E-state index in [1.807, 2.05) is 6.08 Å². The molecule has 0 rings (SSSR count). The Labute approximate surface area is 67.0 Å². The van der Waals surface area contributed by atoms with Gasteiger partial charge in [0.2, 0.25) is 0 Å². The number of allylic oxidation sites excluding steroid dienone is 1. The molecule has 0 amide bonds. The largest absolute Gasteiger partial charge is 0.546 e. The Kier molecular flexibility index (Phi) is 8.54. The van der Waals surface area contributed by atoms with Crippen LogP contribution in [0.5, 0.6) is 0 Å². The molecule has 2 heteroatoms. The van der Waals surface area contributed by atoms with Gasteiger partial charge in [-0.2, -0.15) is 0 Å². The summed E-state index contributed by atoms with van der Waals surface area (Å²) in [4.78, 5) is 0. The summed E-state index contributed by atoms with van der Waals surface area (Å²) in [6.45, 7) is 2.22. The van der Waals surface area contributed by atoms with E-state index in [2.05, 4.69) is 21.8 Å². The molecule has 3 radical (unpaired) electrons. The summed E-state index contributed by atoms with van der Waals surface area (Å²) in [5.41, 5.74) is 0. The molecule has 0 aromatic rings. The smallest absolute Gasteiger partial charge is 0.340 e.